The number of amides is 2. The number of aryl methyl sites for hydroxylation is 1. The number of halogens is 1. The topological polar surface area (TPSA) is 173 Å². The van der Waals surface area contributed by atoms with Crippen molar-refractivity contribution in [3.8, 4) is 0 Å². The number of hydrogen-bond acceptors (Lipinski definition) is 8. The van der Waals surface area contributed by atoms with Gasteiger partial charge >= 0.3 is 0 Å². The molecule has 0 bridgehead atoms. The van der Waals surface area contributed by atoms with Gasteiger partial charge in [0.15, 0.2) is 6.17 Å². The number of nitrogens with one attached hydrogen (secondary N) is 1. The maximum atomic E-state index is 14.2. The Hall–Kier alpha value is -5.18. The number of nitro benzene ring substituents is 2. The van der Waals surface area contributed by atoms with Gasteiger partial charge in [-0.3, -0.25) is 29.8 Å². The van der Waals surface area contributed by atoms with Crippen LogP contribution in [0.25, 0.3) is 0 Å². The molecule has 0 saturated carbocycles. The largest absolute Gasteiger partial charge is 0.277 e. The highest BCUT2D eigenvalue weighted by molar-refractivity contribution is 7.89. The monoisotopic (exact) mass is 649 g/mol. The van der Waals surface area contributed by atoms with E-state index in [4.69, 9.17) is 11.6 Å². The minimum atomic E-state index is -4.22. The van der Waals surface area contributed by atoms with E-state index < -0.39 is 60.8 Å². The van der Waals surface area contributed by atoms with Crippen LogP contribution in [0.2, 0.25) is 5.02 Å². The first kappa shape index (κ1) is 31.3. The Morgan fingerprint density at radius 1 is 0.867 bits per heavy atom. The summed E-state index contributed by atoms with van der Waals surface area (Å²) < 4.78 is 29.3. The molecule has 0 aliphatic carbocycles. The van der Waals surface area contributed by atoms with E-state index in [9.17, 15) is 38.2 Å². The quantitative estimate of drug-likeness (QED) is 0.143. The number of rotatable bonds is 10. The molecule has 15 heteroatoms. The maximum absolute atomic E-state index is 14.2. The Morgan fingerprint density at radius 3 is 2.00 bits per heavy atom. The molecule has 5 rings (SSSR count). The summed E-state index contributed by atoms with van der Waals surface area (Å²) in [4.78, 5) is 49.1. The van der Waals surface area contributed by atoms with Gasteiger partial charge in [0.1, 0.15) is 6.04 Å². The van der Waals surface area contributed by atoms with Crippen LogP contribution in [0.3, 0.4) is 0 Å². The third-order valence-electron chi connectivity index (χ3n) is 7.02. The van der Waals surface area contributed by atoms with Crippen molar-refractivity contribution in [2.75, 3.05) is 0 Å². The van der Waals surface area contributed by atoms with Crippen LogP contribution < -0.4 is 4.72 Å². The van der Waals surface area contributed by atoms with Gasteiger partial charge < -0.3 is 0 Å². The summed E-state index contributed by atoms with van der Waals surface area (Å²) in [7, 11) is -4.22. The van der Waals surface area contributed by atoms with E-state index in [1.807, 2.05) is 0 Å². The molecule has 4 aromatic rings. The van der Waals surface area contributed by atoms with Crippen LogP contribution in [0.4, 0.5) is 11.4 Å². The van der Waals surface area contributed by atoms with Crippen LogP contribution in [0, 0.1) is 27.2 Å². The van der Waals surface area contributed by atoms with Crippen LogP contribution >= 0.6 is 11.6 Å². The second-order valence-corrected chi connectivity index (χ2v) is 12.3. The fourth-order valence-electron chi connectivity index (χ4n) is 4.75. The van der Waals surface area contributed by atoms with Crippen molar-refractivity contribution in [2.45, 2.75) is 30.4 Å². The first-order valence-electron chi connectivity index (χ1n) is 13.3. The standard InChI is InChI=1S/C30H24ClN5O8S/c1-19-7-13-26(14-8-19)45(43,44)32-27(15-20-5-3-2-4-6-20)30(38)34-28(21-9-11-23(31)12-10-21)33(34)29(37)22-16-24(35(39)40)18-25(17-22)36(41)42/h2-14,16-18,27-28,32H,15H2,1H3. The van der Waals surface area contributed by atoms with Gasteiger partial charge in [0.25, 0.3) is 23.2 Å². The highest BCUT2D eigenvalue weighted by atomic mass is 35.5. The smallest absolute Gasteiger partial charge is 0.271 e. The summed E-state index contributed by atoms with van der Waals surface area (Å²) in [6.07, 6.45) is -1.15. The summed E-state index contributed by atoms with van der Waals surface area (Å²) in [5.41, 5.74) is 0.0768. The number of benzene rings is 4. The Labute approximate surface area is 262 Å². The van der Waals surface area contributed by atoms with E-state index in [1.54, 1.807) is 61.5 Å². The number of carbonyl (C=O) groups excluding carboxylic acids is 2. The summed E-state index contributed by atoms with van der Waals surface area (Å²) in [6, 6.07) is 21.9. The lowest BCUT2D eigenvalue weighted by Gasteiger charge is -2.19. The van der Waals surface area contributed by atoms with Gasteiger partial charge in [0, 0.05) is 17.2 Å². The highest BCUT2D eigenvalue weighted by Gasteiger charge is 2.55. The predicted octanol–water partition coefficient (Wildman–Crippen LogP) is 4.95. The minimum absolute atomic E-state index is 0.0733. The van der Waals surface area contributed by atoms with Crippen molar-refractivity contribution in [1.29, 1.82) is 0 Å². The number of nitrogens with zero attached hydrogens (tertiary/aromatic N) is 4. The zero-order chi connectivity index (χ0) is 32.5. The Morgan fingerprint density at radius 2 is 1.44 bits per heavy atom. The molecule has 1 aliphatic rings. The maximum Gasteiger partial charge on any atom is 0.277 e. The molecule has 0 aromatic heterocycles. The number of hydrogen-bond donors (Lipinski definition) is 1. The molecule has 230 valence electrons. The van der Waals surface area contributed by atoms with Crippen molar-refractivity contribution in [3.05, 3.63) is 145 Å². The number of hydrazine groups is 1. The van der Waals surface area contributed by atoms with E-state index in [1.165, 1.54) is 24.3 Å². The molecule has 13 nitrogen and oxygen atoms in total. The van der Waals surface area contributed by atoms with Crippen LogP contribution in [-0.4, -0.2) is 46.1 Å². The van der Waals surface area contributed by atoms with Crippen molar-refractivity contribution in [1.82, 2.24) is 14.7 Å². The van der Waals surface area contributed by atoms with Crippen LogP contribution in [0.15, 0.2) is 102 Å². The predicted molar refractivity (Wildman–Crippen MR) is 162 cm³/mol. The van der Waals surface area contributed by atoms with Gasteiger partial charge in [-0.1, -0.05) is 71.8 Å². The molecule has 2 unspecified atom stereocenters. The molecule has 1 N–H and O–H groups in total. The fraction of sp³-hybridized carbons (Fsp3) is 0.133. The molecule has 1 fully saturated rings. The average molecular weight is 650 g/mol. The number of nitro groups is 2. The van der Waals surface area contributed by atoms with Gasteiger partial charge in [0.05, 0.1) is 26.4 Å². The van der Waals surface area contributed by atoms with Crippen LogP contribution in [0.1, 0.15) is 33.2 Å². The van der Waals surface area contributed by atoms with Crippen molar-refractivity contribution >= 4 is 44.8 Å². The summed E-state index contributed by atoms with van der Waals surface area (Å²) >= 11 is 6.04. The minimum Gasteiger partial charge on any atom is -0.271 e. The first-order valence-corrected chi connectivity index (χ1v) is 15.2. The first-order chi connectivity index (χ1) is 21.4. The van der Waals surface area contributed by atoms with E-state index in [-0.39, 0.29) is 11.3 Å². The number of non-ortho nitro benzene ring substituents is 2. The van der Waals surface area contributed by atoms with E-state index in [0.717, 1.165) is 27.7 Å². The molecular formula is C30H24ClN5O8S. The van der Waals surface area contributed by atoms with Gasteiger partial charge in [-0.25, -0.2) is 18.4 Å². The molecule has 1 aliphatic heterocycles. The van der Waals surface area contributed by atoms with E-state index in [2.05, 4.69) is 4.72 Å². The Balaban J connectivity index is 1.55. The van der Waals surface area contributed by atoms with Crippen molar-refractivity contribution < 1.29 is 27.9 Å². The SMILES string of the molecule is Cc1ccc(S(=O)(=O)NC(Cc2ccccc2)C(=O)N2C(c3ccc(Cl)cc3)N2C(=O)c2cc([N+](=O)[O-])cc([N+](=O)[O-])c2)cc1. The average Bonchev–Trinajstić information content (AvgIpc) is 3.76. The lowest BCUT2D eigenvalue weighted by molar-refractivity contribution is -0.394. The third kappa shape index (κ3) is 6.82. The lowest BCUT2D eigenvalue weighted by atomic mass is 10.1. The summed E-state index contributed by atoms with van der Waals surface area (Å²) in [6.45, 7) is 1.80. The van der Waals surface area contributed by atoms with Crippen LogP contribution in [-0.2, 0) is 21.2 Å². The van der Waals surface area contributed by atoms with Gasteiger partial charge in [-0.2, -0.15) is 4.72 Å². The number of sulfonamides is 1. The second kappa shape index (κ2) is 12.4. The molecule has 45 heavy (non-hydrogen) atoms. The zero-order valence-electron chi connectivity index (χ0n) is 23.4. The molecule has 0 radical (unpaired) electrons. The molecule has 1 heterocycles. The molecular weight excluding hydrogens is 626 g/mol. The molecule has 4 aromatic carbocycles. The number of carbonyl (C=O) groups is 2. The fourth-order valence-corrected chi connectivity index (χ4v) is 6.06. The second-order valence-electron chi connectivity index (χ2n) is 10.2. The Kier molecular flexibility index (Phi) is 8.64. The van der Waals surface area contributed by atoms with Crippen molar-refractivity contribution in [3.63, 3.8) is 0 Å². The zero-order valence-corrected chi connectivity index (χ0v) is 25.0. The van der Waals surface area contributed by atoms with Gasteiger partial charge in [-0.05, 0) is 48.7 Å². The highest BCUT2D eigenvalue weighted by Crippen LogP contribution is 2.44. The lowest BCUT2D eigenvalue weighted by Crippen LogP contribution is -2.46. The van der Waals surface area contributed by atoms with E-state index >= 15 is 0 Å². The van der Waals surface area contributed by atoms with Crippen LogP contribution in [0.5, 0.6) is 0 Å². The molecule has 2 atom stereocenters. The molecule has 1 saturated heterocycles. The molecule has 0 spiro atoms. The Bertz CT molecular complexity index is 1870. The third-order valence-corrected chi connectivity index (χ3v) is 8.76. The summed E-state index contributed by atoms with van der Waals surface area (Å²) in [5.74, 6) is -1.75. The molecule has 2 amide bonds. The summed E-state index contributed by atoms with van der Waals surface area (Å²) in [5, 5.41) is 25.3. The van der Waals surface area contributed by atoms with Gasteiger partial charge in [-0.15, -0.1) is 0 Å². The van der Waals surface area contributed by atoms with E-state index in [0.29, 0.717) is 22.2 Å². The van der Waals surface area contributed by atoms with Crippen molar-refractivity contribution in [2.24, 2.45) is 0 Å². The normalized spacial score (nSPS) is 14.9. The van der Waals surface area contributed by atoms with Gasteiger partial charge in [0.2, 0.25) is 10.0 Å².